The van der Waals surface area contributed by atoms with Crippen molar-refractivity contribution in [3.05, 3.63) is 63.7 Å². The maximum Gasteiger partial charge on any atom is 0.297 e. The average molecular weight is 481 g/mol. The molecule has 0 unspecified atom stereocenters. The molecule has 6 nitrogen and oxygen atoms in total. The van der Waals surface area contributed by atoms with Crippen LogP contribution in [0.3, 0.4) is 0 Å². The van der Waals surface area contributed by atoms with Gasteiger partial charge in [-0.3, -0.25) is 4.55 Å². The zero-order chi connectivity index (χ0) is 24.8. The normalized spacial score (nSPS) is 12.7. The van der Waals surface area contributed by atoms with Gasteiger partial charge in [0.05, 0.1) is 11.4 Å². The van der Waals surface area contributed by atoms with Crippen LogP contribution in [0, 0.1) is 0 Å². The molecule has 0 fully saturated rings. The molecule has 0 radical (unpaired) electrons. The Labute approximate surface area is 201 Å². The van der Waals surface area contributed by atoms with Gasteiger partial charge in [-0.25, -0.2) is 0 Å². The minimum atomic E-state index is -4.66. The zero-order valence-corrected chi connectivity index (χ0v) is 21.0. The van der Waals surface area contributed by atoms with Gasteiger partial charge >= 0.3 is 0 Å². The molecule has 0 aliphatic carbocycles. The molecular formula is C27H32N2O4S. The summed E-state index contributed by atoms with van der Waals surface area (Å²) in [5, 5.41) is 0. The van der Waals surface area contributed by atoms with Crippen LogP contribution in [0.1, 0.15) is 61.1 Å². The minimum Gasteiger partial charge on any atom is -0.454 e. The van der Waals surface area contributed by atoms with E-state index in [0.717, 1.165) is 42.6 Å². The number of fused-ring (bicyclic) bond motifs is 2. The van der Waals surface area contributed by atoms with Crippen LogP contribution in [0.2, 0.25) is 0 Å². The van der Waals surface area contributed by atoms with Crippen molar-refractivity contribution in [3.8, 4) is 22.6 Å². The molecular weight excluding hydrogens is 448 g/mol. The van der Waals surface area contributed by atoms with Gasteiger partial charge in [0.15, 0.2) is 5.75 Å². The van der Waals surface area contributed by atoms with E-state index in [1.807, 2.05) is 18.2 Å². The monoisotopic (exact) mass is 480 g/mol. The first-order valence-corrected chi connectivity index (χ1v) is 13.3. The van der Waals surface area contributed by atoms with Crippen molar-refractivity contribution in [1.82, 2.24) is 0 Å². The quantitative estimate of drug-likeness (QED) is 0.240. The summed E-state index contributed by atoms with van der Waals surface area (Å²) in [7, 11) is -4.66. The number of hydrogen-bond acceptors (Lipinski definition) is 5. The summed E-state index contributed by atoms with van der Waals surface area (Å²) < 4.78 is 41.7. The molecule has 0 saturated carbocycles. The fraction of sp³-hybridized carbons (Fsp3) is 0.333. The third-order valence-electron chi connectivity index (χ3n) is 6.88. The summed E-state index contributed by atoms with van der Waals surface area (Å²) in [6, 6.07) is 9.07. The van der Waals surface area contributed by atoms with Gasteiger partial charge in [-0.2, -0.15) is 8.42 Å². The van der Waals surface area contributed by atoms with E-state index in [1.165, 1.54) is 16.7 Å². The van der Waals surface area contributed by atoms with E-state index in [4.69, 9.17) is 16.2 Å². The minimum absolute atomic E-state index is 0.0330. The second-order valence-electron chi connectivity index (χ2n) is 8.60. The molecule has 0 aromatic heterocycles. The summed E-state index contributed by atoms with van der Waals surface area (Å²) in [6.07, 6.45) is 3.89. The Morgan fingerprint density at radius 3 is 1.88 bits per heavy atom. The number of ether oxygens (including phenoxy) is 1. The molecule has 0 atom stereocenters. The van der Waals surface area contributed by atoms with Gasteiger partial charge in [-0.05, 0) is 53.5 Å². The van der Waals surface area contributed by atoms with Crippen LogP contribution in [0.15, 0.2) is 35.2 Å². The Kier molecular flexibility index (Phi) is 6.36. The second-order valence-corrected chi connectivity index (χ2v) is 9.95. The molecule has 1 aliphatic heterocycles. The van der Waals surface area contributed by atoms with Gasteiger partial charge in [0.1, 0.15) is 10.6 Å². The van der Waals surface area contributed by atoms with Crippen molar-refractivity contribution in [2.75, 3.05) is 11.5 Å². The highest BCUT2D eigenvalue weighted by Gasteiger charge is 2.35. The molecule has 4 rings (SSSR count). The average Bonchev–Trinajstić information content (AvgIpc) is 2.83. The van der Waals surface area contributed by atoms with Crippen LogP contribution in [0.4, 0.5) is 11.4 Å². The van der Waals surface area contributed by atoms with Gasteiger partial charge in [-0.1, -0.05) is 58.0 Å². The molecule has 7 heteroatoms. The molecule has 3 aromatic carbocycles. The van der Waals surface area contributed by atoms with E-state index < -0.39 is 10.1 Å². The molecule has 180 valence electrons. The van der Waals surface area contributed by atoms with Gasteiger partial charge in [0.2, 0.25) is 0 Å². The molecule has 3 aromatic rings. The highest BCUT2D eigenvalue weighted by Crippen LogP contribution is 2.53. The van der Waals surface area contributed by atoms with E-state index in [1.54, 1.807) is 12.1 Å². The summed E-state index contributed by atoms with van der Waals surface area (Å²) in [5.74, 6) is 1.19. The van der Waals surface area contributed by atoms with E-state index in [-0.39, 0.29) is 16.3 Å². The second kappa shape index (κ2) is 8.96. The van der Waals surface area contributed by atoms with Crippen molar-refractivity contribution >= 4 is 21.5 Å². The lowest BCUT2D eigenvalue weighted by molar-refractivity contribution is 0.453. The van der Waals surface area contributed by atoms with E-state index in [9.17, 15) is 13.0 Å². The summed E-state index contributed by atoms with van der Waals surface area (Å²) >= 11 is 0. The third-order valence-corrected chi connectivity index (χ3v) is 7.82. The molecule has 1 aliphatic rings. The molecule has 5 N–H and O–H groups in total. The van der Waals surface area contributed by atoms with Crippen LogP contribution in [-0.2, 0) is 42.2 Å². The van der Waals surface area contributed by atoms with Gasteiger partial charge in [0.25, 0.3) is 10.1 Å². The maximum atomic E-state index is 12.5. The predicted molar refractivity (Wildman–Crippen MR) is 137 cm³/mol. The predicted octanol–water partition coefficient (Wildman–Crippen LogP) is 5.71. The largest absolute Gasteiger partial charge is 0.454 e. The lowest BCUT2D eigenvalue weighted by Crippen LogP contribution is -2.18. The number of nitrogens with two attached hydrogens (primary N) is 2. The summed E-state index contributed by atoms with van der Waals surface area (Å²) in [4.78, 5) is -0.364. The van der Waals surface area contributed by atoms with Crippen molar-refractivity contribution in [1.29, 1.82) is 0 Å². The van der Waals surface area contributed by atoms with E-state index in [0.29, 0.717) is 28.9 Å². The van der Waals surface area contributed by atoms with Crippen LogP contribution >= 0.6 is 0 Å². The van der Waals surface area contributed by atoms with Gasteiger partial charge in [-0.15, -0.1) is 0 Å². The Balaban J connectivity index is 2.14. The fourth-order valence-corrected chi connectivity index (χ4v) is 6.39. The van der Waals surface area contributed by atoms with Crippen LogP contribution < -0.4 is 16.2 Å². The number of nitrogen functional groups attached to an aromatic ring is 2. The topological polar surface area (TPSA) is 116 Å². The van der Waals surface area contributed by atoms with Crippen LogP contribution in [0.25, 0.3) is 11.1 Å². The molecule has 34 heavy (non-hydrogen) atoms. The lowest BCUT2D eigenvalue weighted by atomic mass is 9.81. The van der Waals surface area contributed by atoms with Crippen molar-refractivity contribution in [3.63, 3.8) is 0 Å². The molecule has 0 spiro atoms. The lowest BCUT2D eigenvalue weighted by Gasteiger charge is -2.32. The molecule has 0 bridgehead atoms. The van der Waals surface area contributed by atoms with E-state index >= 15 is 0 Å². The molecule has 0 amide bonds. The van der Waals surface area contributed by atoms with Crippen molar-refractivity contribution < 1.29 is 17.7 Å². The van der Waals surface area contributed by atoms with Gasteiger partial charge in [0, 0.05) is 23.1 Å². The summed E-state index contributed by atoms with van der Waals surface area (Å²) in [5.41, 5.74) is 20.1. The van der Waals surface area contributed by atoms with Crippen LogP contribution in [0.5, 0.6) is 11.5 Å². The smallest absolute Gasteiger partial charge is 0.297 e. The first-order valence-electron chi connectivity index (χ1n) is 11.8. The SMILES string of the molecule is CCc1c(CC)c(CC)c2c(c1CC)Cc1c(c(N)c(N)c(S(=O)(=O)O)c1-c1ccccc1)O2. The number of benzene rings is 3. The third kappa shape index (κ3) is 3.63. The Morgan fingerprint density at radius 2 is 1.35 bits per heavy atom. The number of hydrogen-bond donors (Lipinski definition) is 3. The van der Waals surface area contributed by atoms with Crippen LogP contribution in [-0.4, -0.2) is 13.0 Å². The van der Waals surface area contributed by atoms with Gasteiger partial charge < -0.3 is 16.2 Å². The maximum absolute atomic E-state index is 12.5. The zero-order valence-electron chi connectivity index (χ0n) is 20.2. The Bertz CT molecular complexity index is 1380. The Morgan fingerprint density at radius 1 is 0.794 bits per heavy atom. The van der Waals surface area contributed by atoms with Crippen molar-refractivity contribution in [2.45, 2.75) is 64.7 Å². The molecule has 0 saturated heterocycles. The first-order chi connectivity index (χ1) is 16.2. The number of rotatable bonds is 6. The highest BCUT2D eigenvalue weighted by atomic mass is 32.2. The highest BCUT2D eigenvalue weighted by molar-refractivity contribution is 7.86. The molecule has 1 heterocycles. The standard InChI is InChI=1S/C27H32N2O4S/c1-5-16-17(6-2)19(8-4)25-20(18(16)7-3)14-21-22(15-12-10-9-11-13-15)27(34(30,31)32)24(29)23(28)26(21)33-25/h9-13H,5-8,14,28-29H2,1-4H3,(H,30,31,32). The first kappa shape index (κ1) is 24.1. The van der Waals surface area contributed by atoms with E-state index in [2.05, 4.69) is 27.7 Å². The van der Waals surface area contributed by atoms with Crippen molar-refractivity contribution in [2.24, 2.45) is 0 Å². The number of anilines is 2. The fourth-order valence-electron chi connectivity index (χ4n) is 5.50. The Hall–Kier alpha value is -3.03. The summed E-state index contributed by atoms with van der Waals surface area (Å²) in [6.45, 7) is 8.58.